The molecule has 1 unspecified atom stereocenters. The molecule has 1 atom stereocenters. The first kappa shape index (κ1) is 11.4. The van der Waals surface area contributed by atoms with Crippen molar-refractivity contribution in [2.24, 2.45) is 0 Å². The zero-order chi connectivity index (χ0) is 11.4. The standard InChI is InChI=1S/C13H21N3/c1-11(2)16(10-12-6-5-9-14-12)13-7-3-4-8-15-13/h3-4,7-8,11-12,14H,5-6,9-10H2,1-2H3. The first-order chi connectivity index (χ1) is 7.77. The van der Waals surface area contributed by atoms with Crippen LogP contribution in [-0.4, -0.2) is 30.2 Å². The summed E-state index contributed by atoms with van der Waals surface area (Å²) >= 11 is 0. The van der Waals surface area contributed by atoms with Crippen LogP contribution in [-0.2, 0) is 0 Å². The fourth-order valence-corrected chi connectivity index (χ4v) is 2.24. The Balaban J connectivity index is 2.05. The molecular weight excluding hydrogens is 198 g/mol. The normalized spacial score (nSPS) is 20.3. The van der Waals surface area contributed by atoms with E-state index in [1.807, 2.05) is 12.3 Å². The maximum atomic E-state index is 4.44. The van der Waals surface area contributed by atoms with Gasteiger partial charge in [-0.05, 0) is 45.4 Å². The number of rotatable bonds is 4. The zero-order valence-corrected chi connectivity index (χ0v) is 10.2. The van der Waals surface area contributed by atoms with E-state index in [-0.39, 0.29) is 0 Å². The molecular formula is C13H21N3. The lowest BCUT2D eigenvalue weighted by Gasteiger charge is -2.30. The molecule has 0 aliphatic carbocycles. The maximum Gasteiger partial charge on any atom is 0.128 e. The van der Waals surface area contributed by atoms with E-state index in [1.165, 1.54) is 19.4 Å². The number of hydrogen-bond donors (Lipinski definition) is 1. The summed E-state index contributed by atoms with van der Waals surface area (Å²) in [4.78, 5) is 6.82. The van der Waals surface area contributed by atoms with Crippen molar-refractivity contribution < 1.29 is 0 Å². The highest BCUT2D eigenvalue weighted by molar-refractivity contribution is 5.39. The predicted octanol–water partition coefficient (Wildman–Crippen LogP) is 2.05. The van der Waals surface area contributed by atoms with Crippen molar-refractivity contribution in [1.29, 1.82) is 0 Å². The molecule has 1 aliphatic rings. The van der Waals surface area contributed by atoms with Crippen molar-refractivity contribution in [2.75, 3.05) is 18.0 Å². The summed E-state index contributed by atoms with van der Waals surface area (Å²) in [6.07, 6.45) is 4.46. The number of anilines is 1. The predicted molar refractivity (Wildman–Crippen MR) is 67.7 cm³/mol. The minimum atomic E-state index is 0.498. The topological polar surface area (TPSA) is 28.2 Å². The molecule has 0 amide bonds. The molecule has 0 saturated carbocycles. The molecule has 0 bridgehead atoms. The molecule has 1 aromatic heterocycles. The van der Waals surface area contributed by atoms with E-state index in [0.717, 1.165) is 12.4 Å². The smallest absolute Gasteiger partial charge is 0.128 e. The second kappa shape index (κ2) is 5.30. The van der Waals surface area contributed by atoms with Gasteiger partial charge in [-0.15, -0.1) is 0 Å². The van der Waals surface area contributed by atoms with Crippen LogP contribution >= 0.6 is 0 Å². The Kier molecular flexibility index (Phi) is 3.78. The second-order valence-corrected chi connectivity index (χ2v) is 4.73. The molecule has 3 nitrogen and oxygen atoms in total. The summed E-state index contributed by atoms with van der Waals surface area (Å²) in [5.74, 6) is 1.09. The first-order valence-electron chi connectivity index (χ1n) is 6.18. The third-order valence-corrected chi connectivity index (χ3v) is 3.15. The van der Waals surface area contributed by atoms with Crippen molar-refractivity contribution in [2.45, 2.75) is 38.8 Å². The fraction of sp³-hybridized carbons (Fsp3) is 0.615. The van der Waals surface area contributed by atoms with E-state index >= 15 is 0 Å². The van der Waals surface area contributed by atoms with Crippen molar-refractivity contribution in [3.63, 3.8) is 0 Å². The van der Waals surface area contributed by atoms with Gasteiger partial charge in [-0.25, -0.2) is 4.98 Å². The van der Waals surface area contributed by atoms with Crippen LogP contribution in [0.4, 0.5) is 5.82 Å². The molecule has 1 aliphatic heterocycles. The van der Waals surface area contributed by atoms with Crippen LogP contribution in [0.25, 0.3) is 0 Å². The minimum absolute atomic E-state index is 0.498. The molecule has 1 saturated heterocycles. The molecule has 88 valence electrons. The highest BCUT2D eigenvalue weighted by Crippen LogP contribution is 2.16. The second-order valence-electron chi connectivity index (χ2n) is 4.73. The first-order valence-corrected chi connectivity index (χ1v) is 6.18. The number of pyridine rings is 1. The third-order valence-electron chi connectivity index (χ3n) is 3.15. The largest absolute Gasteiger partial charge is 0.353 e. The van der Waals surface area contributed by atoms with Crippen molar-refractivity contribution >= 4 is 5.82 Å². The van der Waals surface area contributed by atoms with Crippen LogP contribution in [0.3, 0.4) is 0 Å². The number of nitrogens with one attached hydrogen (secondary N) is 1. The van der Waals surface area contributed by atoms with Crippen LogP contribution in [0.1, 0.15) is 26.7 Å². The molecule has 0 spiro atoms. The van der Waals surface area contributed by atoms with E-state index in [0.29, 0.717) is 12.1 Å². The Morgan fingerprint density at radius 3 is 2.94 bits per heavy atom. The lowest BCUT2D eigenvalue weighted by atomic mass is 10.2. The van der Waals surface area contributed by atoms with E-state index in [2.05, 4.69) is 41.2 Å². The quantitative estimate of drug-likeness (QED) is 0.840. The number of aromatic nitrogens is 1. The Hall–Kier alpha value is -1.09. The van der Waals surface area contributed by atoms with Crippen LogP contribution in [0.5, 0.6) is 0 Å². The van der Waals surface area contributed by atoms with Gasteiger partial charge in [0, 0.05) is 24.8 Å². The summed E-state index contributed by atoms with van der Waals surface area (Å²) in [6, 6.07) is 7.24. The van der Waals surface area contributed by atoms with Crippen molar-refractivity contribution in [3.8, 4) is 0 Å². The van der Waals surface area contributed by atoms with Gasteiger partial charge < -0.3 is 10.2 Å². The summed E-state index contributed by atoms with van der Waals surface area (Å²) in [5.41, 5.74) is 0. The number of hydrogen-bond acceptors (Lipinski definition) is 3. The molecule has 2 heterocycles. The Labute approximate surface area is 97.9 Å². The summed E-state index contributed by atoms with van der Waals surface area (Å²) in [7, 11) is 0. The van der Waals surface area contributed by atoms with Crippen LogP contribution in [0.2, 0.25) is 0 Å². The highest BCUT2D eigenvalue weighted by Gasteiger charge is 2.20. The van der Waals surface area contributed by atoms with Crippen molar-refractivity contribution in [3.05, 3.63) is 24.4 Å². The van der Waals surface area contributed by atoms with E-state index in [1.54, 1.807) is 0 Å². The SMILES string of the molecule is CC(C)N(CC1CCCN1)c1ccccn1. The van der Waals surface area contributed by atoms with Gasteiger partial charge in [0.2, 0.25) is 0 Å². The molecule has 0 aromatic carbocycles. The van der Waals surface area contributed by atoms with Gasteiger partial charge in [0.1, 0.15) is 5.82 Å². The van der Waals surface area contributed by atoms with E-state index < -0.39 is 0 Å². The average molecular weight is 219 g/mol. The molecule has 1 fully saturated rings. The van der Waals surface area contributed by atoms with Crippen molar-refractivity contribution in [1.82, 2.24) is 10.3 Å². The average Bonchev–Trinajstić information content (AvgIpc) is 2.79. The molecule has 1 N–H and O–H groups in total. The highest BCUT2D eigenvalue weighted by atomic mass is 15.2. The monoisotopic (exact) mass is 219 g/mol. The Morgan fingerprint density at radius 1 is 1.50 bits per heavy atom. The maximum absolute atomic E-state index is 4.44. The number of nitrogens with zero attached hydrogens (tertiary/aromatic N) is 2. The van der Waals surface area contributed by atoms with Gasteiger partial charge in [0.05, 0.1) is 0 Å². The van der Waals surface area contributed by atoms with Gasteiger partial charge in [-0.3, -0.25) is 0 Å². The van der Waals surface area contributed by atoms with Gasteiger partial charge in [-0.1, -0.05) is 6.07 Å². The minimum Gasteiger partial charge on any atom is -0.353 e. The molecule has 2 rings (SSSR count). The zero-order valence-electron chi connectivity index (χ0n) is 10.2. The Morgan fingerprint density at radius 2 is 2.38 bits per heavy atom. The van der Waals surface area contributed by atoms with E-state index in [9.17, 15) is 0 Å². The van der Waals surface area contributed by atoms with Crippen LogP contribution in [0.15, 0.2) is 24.4 Å². The molecule has 3 heteroatoms. The summed E-state index contributed by atoms with van der Waals surface area (Å²) in [6.45, 7) is 6.68. The lowest BCUT2D eigenvalue weighted by molar-refractivity contribution is 0.549. The van der Waals surface area contributed by atoms with Gasteiger partial charge >= 0.3 is 0 Å². The molecule has 1 aromatic rings. The fourth-order valence-electron chi connectivity index (χ4n) is 2.24. The van der Waals surface area contributed by atoms with Gasteiger partial charge in [-0.2, -0.15) is 0 Å². The third kappa shape index (κ3) is 2.73. The van der Waals surface area contributed by atoms with E-state index in [4.69, 9.17) is 0 Å². The van der Waals surface area contributed by atoms with Crippen LogP contribution in [0, 0.1) is 0 Å². The van der Waals surface area contributed by atoms with Gasteiger partial charge in [0.25, 0.3) is 0 Å². The summed E-state index contributed by atoms with van der Waals surface area (Å²) in [5, 5.41) is 3.54. The Bertz CT molecular complexity index is 304. The molecule has 0 radical (unpaired) electrons. The molecule has 16 heavy (non-hydrogen) atoms. The lowest BCUT2D eigenvalue weighted by Crippen LogP contribution is -2.41. The summed E-state index contributed by atoms with van der Waals surface area (Å²) < 4.78 is 0. The van der Waals surface area contributed by atoms with Crippen LogP contribution < -0.4 is 10.2 Å². The van der Waals surface area contributed by atoms with Gasteiger partial charge in [0.15, 0.2) is 0 Å².